The van der Waals surface area contributed by atoms with Gasteiger partial charge in [-0.2, -0.15) is 0 Å². The highest BCUT2D eigenvalue weighted by atomic mass is 35.5. The highest BCUT2D eigenvalue weighted by Gasteiger charge is 2.08. The third-order valence-corrected chi connectivity index (χ3v) is 4.31. The van der Waals surface area contributed by atoms with Gasteiger partial charge in [0.1, 0.15) is 0 Å². The zero-order valence-corrected chi connectivity index (χ0v) is 13.1. The van der Waals surface area contributed by atoms with E-state index in [1.54, 1.807) is 16.7 Å². The number of benzene rings is 1. The lowest BCUT2D eigenvalue weighted by Crippen LogP contribution is -2.21. The topological polar surface area (TPSA) is 37.6 Å². The molecule has 0 atom stereocenters. The maximum Gasteiger partial charge on any atom is 0.258 e. The molecule has 1 aromatic carbocycles. The van der Waals surface area contributed by atoms with Crippen molar-refractivity contribution in [2.45, 2.75) is 13.1 Å². The fourth-order valence-electron chi connectivity index (χ4n) is 2.22. The Hall–Kier alpha value is -1.69. The van der Waals surface area contributed by atoms with Gasteiger partial charge >= 0.3 is 0 Å². The molecule has 2 heterocycles. The highest BCUT2D eigenvalue weighted by Crippen LogP contribution is 2.17. The Morgan fingerprint density at radius 3 is 2.95 bits per heavy atom. The summed E-state index contributed by atoms with van der Waals surface area (Å²) in [5, 5.41) is 2.62. The van der Waals surface area contributed by atoms with E-state index in [4.69, 9.17) is 11.6 Å². The predicted molar refractivity (Wildman–Crippen MR) is 86.0 cm³/mol. The molecule has 0 saturated heterocycles. The number of hydrogen-bond donors (Lipinski definition) is 0. The molecule has 108 valence electrons. The van der Waals surface area contributed by atoms with Crippen LogP contribution in [0.25, 0.3) is 4.96 Å². The van der Waals surface area contributed by atoms with Gasteiger partial charge in [-0.05, 0) is 18.7 Å². The lowest BCUT2D eigenvalue weighted by molar-refractivity contribution is 0.315. The molecule has 3 rings (SSSR count). The molecule has 0 aliphatic rings. The van der Waals surface area contributed by atoms with Crippen molar-refractivity contribution < 1.29 is 0 Å². The Balaban J connectivity index is 1.78. The molecule has 6 heteroatoms. The van der Waals surface area contributed by atoms with E-state index < -0.39 is 0 Å². The number of rotatable bonds is 4. The van der Waals surface area contributed by atoms with Crippen LogP contribution in [0.2, 0.25) is 5.02 Å². The molecule has 0 bridgehead atoms. The van der Waals surface area contributed by atoms with Crippen LogP contribution in [0.4, 0.5) is 0 Å². The highest BCUT2D eigenvalue weighted by molar-refractivity contribution is 7.15. The molecule has 4 nitrogen and oxygen atoms in total. The van der Waals surface area contributed by atoms with Crippen LogP contribution in [0.15, 0.2) is 46.7 Å². The number of fused-ring (bicyclic) bond motifs is 1. The van der Waals surface area contributed by atoms with Gasteiger partial charge in [-0.1, -0.05) is 29.8 Å². The largest absolute Gasteiger partial charge is 0.296 e. The summed E-state index contributed by atoms with van der Waals surface area (Å²) in [6, 6.07) is 9.36. The van der Waals surface area contributed by atoms with E-state index in [0.717, 1.165) is 21.2 Å². The Bertz CT molecular complexity index is 827. The number of thiazole rings is 1. The quantitative estimate of drug-likeness (QED) is 0.742. The smallest absolute Gasteiger partial charge is 0.258 e. The first-order chi connectivity index (χ1) is 10.1. The van der Waals surface area contributed by atoms with Gasteiger partial charge in [-0.15, -0.1) is 11.3 Å². The van der Waals surface area contributed by atoms with Crippen molar-refractivity contribution >= 4 is 27.9 Å². The zero-order valence-electron chi connectivity index (χ0n) is 11.5. The van der Waals surface area contributed by atoms with Crippen molar-refractivity contribution in [2.24, 2.45) is 0 Å². The second kappa shape index (κ2) is 5.97. The normalized spacial score (nSPS) is 11.4. The molecular formula is C15H14ClN3OS. The minimum atomic E-state index is -0.0395. The zero-order chi connectivity index (χ0) is 14.8. The van der Waals surface area contributed by atoms with Crippen LogP contribution < -0.4 is 5.56 Å². The molecule has 0 unspecified atom stereocenters. The number of hydrogen-bond acceptors (Lipinski definition) is 4. The lowest BCUT2D eigenvalue weighted by Gasteiger charge is -2.16. The predicted octanol–water partition coefficient (Wildman–Crippen LogP) is 3.04. The number of halogens is 1. The average molecular weight is 320 g/mol. The van der Waals surface area contributed by atoms with Crippen LogP contribution >= 0.6 is 22.9 Å². The van der Waals surface area contributed by atoms with Crippen molar-refractivity contribution in [1.82, 2.24) is 14.3 Å². The van der Waals surface area contributed by atoms with E-state index in [9.17, 15) is 4.79 Å². The second-order valence-corrected chi connectivity index (χ2v) is 6.19. The minimum Gasteiger partial charge on any atom is -0.296 e. The van der Waals surface area contributed by atoms with Crippen LogP contribution in [-0.4, -0.2) is 21.3 Å². The molecule has 0 radical (unpaired) electrons. The summed E-state index contributed by atoms with van der Waals surface area (Å²) in [6.07, 6.45) is 1.74. The van der Waals surface area contributed by atoms with Gasteiger partial charge in [-0.3, -0.25) is 14.1 Å². The van der Waals surface area contributed by atoms with Crippen LogP contribution in [0.5, 0.6) is 0 Å². The maximum absolute atomic E-state index is 11.9. The summed E-state index contributed by atoms with van der Waals surface area (Å²) < 4.78 is 1.56. The lowest BCUT2D eigenvalue weighted by atomic mass is 10.2. The van der Waals surface area contributed by atoms with E-state index >= 15 is 0 Å². The first kappa shape index (κ1) is 14.3. The maximum atomic E-state index is 11.9. The SMILES string of the molecule is CN(Cc1cc(=O)n2ccsc2n1)Cc1ccccc1Cl. The van der Waals surface area contributed by atoms with Crippen molar-refractivity contribution in [3.05, 3.63) is 68.5 Å². The number of nitrogens with zero attached hydrogens (tertiary/aromatic N) is 3. The van der Waals surface area contributed by atoms with Gasteiger partial charge in [0.15, 0.2) is 4.96 Å². The summed E-state index contributed by atoms with van der Waals surface area (Å²) >= 11 is 7.63. The third-order valence-electron chi connectivity index (χ3n) is 3.19. The van der Waals surface area contributed by atoms with Crippen LogP contribution in [0.1, 0.15) is 11.3 Å². The number of aromatic nitrogens is 2. The van der Waals surface area contributed by atoms with Crippen LogP contribution in [0, 0.1) is 0 Å². The van der Waals surface area contributed by atoms with Crippen molar-refractivity contribution in [2.75, 3.05) is 7.05 Å². The Labute approximate surface area is 131 Å². The second-order valence-electron chi connectivity index (χ2n) is 4.90. The molecule has 0 amide bonds. The van der Waals surface area contributed by atoms with Gasteiger partial charge in [0.05, 0.1) is 5.69 Å². The van der Waals surface area contributed by atoms with Gasteiger partial charge in [0.2, 0.25) is 0 Å². The van der Waals surface area contributed by atoms with Gasteiger partial charge in [-0.25, -0.2) is 4.98 Å². The molecule has 0 spiro atoms. The summed E-state index contributed by atoms with van der Waals surface area (Å²) in [4.78, 5) is 19.3. The van der Waals surface area contributed by atoms with Gasteiger partial charge < -0.3 is 0 Å². The molecule has 0 aliphatic heterocycles. The molecule has 0 fully saturated rings. The van der Waals surface area contributed by atoms with E-state index in [1.165, 1.54) is 11.3 Å². The molecule has 0 saturated carbocycles. The van der Waals surface area contributed by atoms with Gasteiger partial charge in [0, 0.05) is 35.8 Å². The minimum absolute atomic E-state index is 0.0395. The first-order valence-electron chi connectivity index (χ1n) is 6.51. The van der Waals surface area contributed by atoms with Crippen LogP contribution in [0.3, 0.4) is 0 Å². The summed E-state index contributed by atoms with van der Waals surface area (Å²) in [7, 11) is 1.99. The van der Waals surface area contributed by atoms with E-state index in [1.807, 2.05) is 36.7 Å². The van der Waals surface area contributed by atoms with Crippen molar-refractivity contribution in [1.29, 1.82) is 0 Å². The molecule has 3 aromatic rings. The van der Waals surface area contributed by atoms with Crippen molar-refractivity contribution in [3.63, 3.8) is 0 Å². The van der Waals surface area contributed by atoms with Crippen LogP contribution in [-0.2, 0) is 13.1 Å². The summed E-state index contributed by atoms with van der Waals surface area (Å²) in [5.41, 5.74) is 1.80. The van der Waals surface area contributed by atoms with E-state index in [0.29, 0.717) is 13.1 Å². The molecule has 2 aromatic heterocycles. The molecule has 21 heavy (non-hydrogen) atoms. The Morgan fingerprint density at radius 2 is 2.14 bits per heavy atom. The molecule has 0 aliphatic carbocycles. The standard InChI is InChI=1S/C15H14ClN3OS/c1-18(9-11-4-2-3-5-13(11)16)10-12-8-14(20)19-6-7-21-15(19)17-12/h2-8H,9-10H2,1H3. The fraction of sp³-hybridized carbons (Fsp3) is 0.200. The van der Waals surface area contributed by atoms with E-state index in [2.05, 4.69) is 9.88 Å². The van der Waals surface area contributed by atoms with Crippen molar-refractivity contribution in [3.8, 4) is 0 Å². The Morgan fingerprint density at radius 1 is 1.33 bits per heavy atom. The molecule has 0 N–H and O–H groups in total. The third kappa shape index (κ3) is 3.15. The Kier molecular flexibility index (Phi) is 4.05. The van der Waals surface area contributed by atoms with Gasteiger partial charge in [0.25, 0.3) is 5.56 Å². The van der Waals surface area contributed by atoms with E-state index in [-0.39, 0.29) is 5.56 Å². The summed E-state index contributed by atoms with van der Waals surface area (Å²) in [5.74, 6) is 0. The summed E-state index contributed by atoms with van der Waals surface area (Å²) in [6.45, 7) is 1.32. The fourth-order valence-corrected chi connectivity index (χ4v) is 3.15. The monoisotopic (exact) mass is 319 g/mol. The molecular weight excluding hydrogens is 306 g/mol. The average Bonchev–Trinajstić information content (AvgIpc) is 2.90. The first-order valence-corrected chi connectivity index (χ1v) is 7.77.